The van der Waals surface area contributed by atoms with Crippen molar-refractivity contribution in [3.05, 3.63) is 71.3 Å². The highest BCUT2D eigenvalue weighted by atomic mass is 32.2. The van der Waals surface area contributed by atoms with Crippen molar-refractivity contribution in [2.45, 2.75) is 31.7 Å². The highest BCUT2D eigenvalue weighted by molar-refractivity contribution is 8.00. The minimum atomic E-state index is 0.00636. The van der Waals surface area contributed by atoms with Crippen molar-refractivity contribution >= 4 is 23.6 Å². The van der Waals surface area contributed by atoms with Gasteiger partial charge in [0.1, 0.15) is 5.37 Å². The van der Waals surface area contributed by atoms with Gasteiger partial charge in [-0.3, -0.25) is 9.59 Å². The second-order valence-electron chi connectivity index (χ2n) is 7.79. The summed E-state index contributed by atoms with van der Waals surface area (Å²) in [4.78, 5) is 29.1. The molecule has 28 heavy (non-hydrogen) atoms. The molecule has 2 heterocycles. The summed E-state index contributed by atoms with van der Waals surface area (Å²) < 4.78 is 0. The maximum absolute atomic E-state index is 12.8. The number of benzene rings is 2. The average molecular weight is 395 g/mol. The number of hydrogen-bond acceptors (Lipinski definition) is 3. The van der Waals surface area contributed by atoms with Crippen LogP contribution in [0.25, 0.3) is 0 Å². The number of thioether (sulfide) groups is 1. The van der Waals surface area contributed by atoms with Crippen molar-refractivity contribution in [1.82, 2.24) is 9.80 Å². The summed E-state index contributed by atoms with van der Waals surface area (Å²) in [6, 6.07) is 17.9. The monoisotopic (exact) mass is 394 g/mol. The zero-order valence-corrected chi connectivity index (χ0v) is 17.0. The lowest BCUT2D eigenvalue weighted by Crippen LogP contribution is -2.39. The number of amides is 2. The normalized spacial score (nSPS) is 22.5. The fourth-order valence-corrected chi connectivity index (χ4v) is 5.22. The zero-order valence-electron chi connectivity index (χ0n) is 16.2. The van der Waals surface area contributed by atoms with E-state index in [1.54, 1.807) is 11.8 Å². The first-order valence-corrected chi connectivity index (χ1v) is 11.0. The summed E-state index contributed by atoms with van der Waals surface area (Å²) in [5, 5.41) is 0.00636. The molecule has 2 fully saturated rings. The first-order valence-electron chi connectivity index (χ1n) is 9.96. The van der Waals surface area contributed by atoms with Crippen LogP contribution < -0.4 is 0 Å². The van der Waals surface area contributed by atoms with Crippen LogP contribution in [0.15, 0.2) is 54.6 Å². The summed E-state index contributed by atoms with van der Waals surface area (Å²) in [5.41, 5.74) is 2.95. The van der Waals surface area contributed by atoms with Gasteiger partial charge in [0, 0.05) is 25.2 Å². The van der Waals surface area contributed by atoms with Crippen molar-refractivity contribution < 1.29 is 9.59 Å². The molecule has 0 unspecified atom stereocenters. The Bertz CT molecular complexity index is 837. The molecule has 4 nitrogen and oxygen atoms in total. The number of carbonyl (C=O) groups excluding carboxylic acids is 2. The smallest absolute Gasteiger partial charge is 0.253 e. The number of hydrogen-bond donors (Lipinski definition) is 0. The molecule has 0 saturated carbocycles. The van der Waals surface area contributed by atoms with E-state index in [0.717, 1.165) is 36.2 Å². The predicted molar refractivity (Wildman–Crippen MR) is 113 cm³/mol. The van der Waals surface area contributed by atoms with Gasteiger partial charge < -0.3 is 9.80 Å². The van der Waals surface area contributed by atoms with Crippen LogP contribution in [-0.2, 0) is 11.3 Å². The molecule has 0 aliphatic carbocycles. The van der Waals surface area contributed by atoms with E-state index in [1.165, 1.54) is 6.42 Å². The molecule has 5 heteroatoms. The number of rotatable bonds is 4. The maximum Gasteiger partial charge on any atom is 0.253 e. The van der Waals surface area contributed by atoms with Crippen LogP contribution in [0, 0.1) is 5.92 Å². The number of nitrogens with zero attached hydrogens (tertiary/aromatic N) is 2. The summed E-state index contributed by atoms with van der Waals surface area (Å²) in [6.07, 6.45) is 2.28. The van der Waals surface area contributed by atoms with E-state index in [-0.39, 0.29) is 17.2 Å². The second kappa shape index (κ2) is 8.39. The van der Waals surface area contributed by atoms with Crippen molar-refractivity contribution in [3.8, 4) is 0 Å². The van der Waals surface area contributed by atoms with Crippen LogP contribution >= 0.6 is 11.8 Å². The highest BCUT2D eigenvalue weighted by Crippen LogP contribution is 2.39. The molecule has 2 aromatic rings. The molecule has 2 aliphatic heterocycles. The van der Waals surface area contributed by atoms with Crippen LogP contribution in [0.4, 0.5) is 0 Å². The van der Waals surface area contributed by atoms with E-state index < -0.39 is 0 Å². The SMILES string of the molecule is C[C@@H]1CCCN(C(=O)c2ccc([C@@H]3SCC(=O)N3Cc3ccccc3)cc2)C1. The summed E-state index contributed by atoms with van der Waals surface area (Å²) in [6.45, 7) is 4.52. The Balaban J connectivity index is 1.48. The van der Waals surface area contributed by atoms with E-state index in [1.807, 2.05) is 52.3 Å². The third kappa shape index (κ3) is 4.09. The molecule has 2 aliphatic rings. The quantitative estimate of drug-likeness (QED) is 0.775. The van der Waals surface area contributed by atoms with Gasteiger partial charge >= 0.3 is 0 Å². The fourth-order valence-electron chi connectivity index (χ4n) is 4.03. The van der Waals surface area contributed by atoms with Gasteiger partial charge in [-0.2, -0.15) is 0 Å². The first-order chi connectivity index (χ1) is 13.6. The van der Waals surface area contributed by atoms with E-state index >= 15 is 0 Å². The van der Waals surface area contributed by atoms with Gasteiger partial charge in [0.2, 0.25) is 5.91 Å². The van der Waals surface area contributed by atoms with Crippen molar-refractivity contribution in [2.24, 2.45) is 5.92 Å². The average Bonchev–Trinajstić information content (AvgIpc) is 3.09. The standard InChI is InChI=1S/C23H26N2O2S/c1-17-6-5-13-24(14-17)22(27)19-9-11-20(12-10-19)23-25(21(26)16-28-23)15-18-7-3-2-4-8-18/h2-4,7-12,17,23H,5-6,13-16H2,1H3/t17-,23+/m1/s1. The summed E-state index contributed by atoms with van der Waals surface area (Å²) >= 11 is 1.65. The summed E-state index contributed by atoms with van der Waals surface area (Å²) in [5.74, 6) is 1.37. The molecular weight excluding hydrogens is 368 g/mol. The molecule has 0 spiro atoms. The highest BCUT2D eigenvalue weighted by Gasteiger charge is 2.33. The minimum absolute atomic E-state index is 0.00636. The molecule has 0 bridgehead atoms. The Morgan fingerprint density at radius 2 is 1.86 bits per heavy atom. The number of likely N-dealkylation sites (tertiary alicyclic amines) is 1. The van der Waals surface area contributed by atoms with E-state index in [2.05, 4.69) is 19.1 Å². The van der Waals surface area contributed by atoms with Gasteiger partial charge in [0.25, 0.3) is 5.91 Å². The van der Waals surface area contributed by atoms with Crippen LogP contribution in [0.2, 0.25) is 0 Å². The van der Waals surface area contributed by atoms with Crippen LogP contribution in [0.1, 0.15) is 46.6 Å². The molecule has 4 rings (SSSR count). The Morgan fingerprint density at radius 1 is 1.11 bits per heavy atom. The molecule has 0 N–H and O–H groups in total. The molecular formula is C23H26N2O2S. The molecule has 2 saturated heterocycles. The maximum atomic E-state index is 12.8. The molecule has 2 aromatic carbocycles. The van der Waals surface area contributed by atoms with Crippen LogP contribution in [-0.4, -0.2) is 40.5 Å². The molecule has 2 amide bonds. The van der Waals surface area contributed by atoms with Crippen molar-refractivity contribution in [2.75, 3.05) is 18.8 Å². The lowest BCUT2D eigenvalue weighted by atomic mass is 9.99. The van der Waals surface area contributed by atoms with Gasteiger partial charge in [-0.05, 0) is 42.0 Å². The Kier molecular flexibility index (Phi) is 5.72. The molecule has 0 aromatic heterocycles. The number of piperidine rings is 1. The van der Waals surface area contributed by atoms with E-state index in [4.69, 9.17) is 0 Å². The first kappa shape index (κ1) is 19.1. The lowest BCUT2D eigenvalue weighted by Gasteiger charge is -2.31. The fraction of sp³-hybridized carbons (Fsp3) is 0.391. The molecule has 146 valence electrons. The predicted octanol–water partition coefficient (Wildman–Crippen LogP) is 4.33. The summed E-state index contributed by atoms with van der Waals surface area (Å²) in [7, 11) is 0. The second-order valence-corrected chi connectivity index (χ2v) is 8.86. The Morgan fingerprint density at radius 3 is 2.57 bits per heavy atom. The molecule has 2 atom stereocenters. The molecule has 0 radical (unpaired) electrons. The van der Waals surface area contributed by atoms with Gasteiger partial charge in [-0.25, -0.2) is 0 Å². The third-order valence-electron chi connectivity index (χ3n) is 5.55. The largest absolute Gasteiger partial charge is 0.338 e. The topological polar surface area (TPSA) is 40.6 Å². The van der Waals surface area contributed by atoms with Crippen molar-refractivity contribution in [1.29, 1.82) is 0 Å². The van der Waals surface area contributed by atoms with Gasteiger partial charge in [-0.1, -0.05) is 49.4 Å². The van der Waals surface area contributed by atoms with Crippen LogP contribution in [0.3, 0.4) is 0 Å². The zero-order chi connectivity index (χ0) is 19.5. The van der Waals surface area contributed by atoms with Gasteiger partial charge in [0.15, 0.2) is 0 Å². The van der Waals surface area contributed by atoms with Crippen LogP contribution in [0.5, 0.6) is 0 Å². The van der Waals surface area contributed by atoms with Gasteiger partial charge in [0.05, 0.1) is 5.75 Å². The Hall–Kier alpha value is -2.27. The van der Waals surface area contributed by atoms with E-state index in [9.17, 15) is 9.59 Å². The lowest BCUT2D eigenvalue weighted by molar-refractivity contribution is -0.128. The van der Waals surface area contributed by atoms with Gasteiger partial charge in [-0.15, -0.1) is 11.8 Å². The third-order valence-corrected chi connectivity index (χ3v) is 6.81. The van der Waals surface area contributed by atoms with Crippen molar-refractivity contribution in [3.63, 3.8) is 0 Å². The Labute approximate surface area is 170 Å². The minimum Gasteiger partial charge on any atom is -0.338 e. The number of carbonyl (C=O) groups is 2. The van der Waals surface area contributed by atoms with E-state index in [0.29, 0.717) is 18.2 Å².